The monoisotopic (exact) mass is 325 g/mol. The highest BCUT2D eigenvalue weighted by molar-refractivity contribution is 7.09. The first-order valence-corrected chi connectivity index (χ1v) is 8.34. The first-order valence-electron chi connectivity index (χ1n) is 7.46. The molecule has 3 N–H and O–H groups in total. The van der Waals surface area contributed by atoms with Crippen LogP contribution in [0.25, 0.3) is 0 Å². The summed E-state index contributed by atoms with van der Waals surface area (Å²) in [6, 6.07) is 0. The van der Waals surface area contributed by atoms with Crippen molar-refractivity contribution in [2.45, 2.75) is 34.1 Å². The zero-order chi connectivity index (χ0) is 16.6. The van der Waals surface area contributed by atoms with E-state index in [2.05, 4.69) is 31.3 Å². The van der Waals surface area contributed by atoms with Crippen LogP contribution in [0.15, 0.2) is 10.4 Å². The van der Waals surface area contributed by atoms with Crippen molar-refractivity contribution in [3.05, 3.63) is 16.1 Å². The molecule has 0 saturated carbocycles. The van der Waals surface area contributed by atoms with Crippen molar-refractivity contribution < 1.29 is 4.79 Å². The summed E-state index contributed by atoms with van der Waals surface area (Å²) in [5.74, 6) is 0.785. The van der Waals surface area contributed by atoms with Gasteiger partial charge in [-0.3, -0.25) is 9.79 Å². The molecule has 7 heteroatoms. The van der Waals surface area contributed by atoms with Gasteiger partial charge in [0.25, 0.3) is 0 Å². The maximum Gasteiger partial charge on any atom is 0.225 e. The number of hydrogen-bond acceptors (Lipinski definition) is 4. The molecule has 1 aromatic rings. The minimum absolute atomic E-state index is 0.0520. The first kappa shape index (κ1) is 18.4. The fourth-order valence-electron chi connectivity index (χ4n) is 1.67. The molecule has 0 radical (unpaired) electrons. The molecule has 0 aliphatic heterocycles. The number of nitrogens with one attached hydrogen (secondary N) is 3. The molecule has 0 spiro atoms. The Balaban J connectivity index is 2.19. The van der Waals surface area contributed by atoms with Crippen molar-refractivity contribution in [2.75, 3.05) is 26.7 Å². The van der Waals surface area contributed by atoms with E-state index in [-0.39, 0.29) is 11.3 Å². The van der Waals surface area contributed by atoms with Gasteiger partial charge in [-0.2, -0.15) is 0 Å². The van der Waals surface area contributed by atoms with Crippen molar-refractivity contribution in [2.24, 2.45) is 10.4 Å². The third kappa shape index (κ3) is 6.89. The first-order chi connectivity index (χ1) is 10.3. The zero-order valence-electron chi connectivity index (χ0n) is 14.1. The summed E-state index contributed by atoms with van der Waals surface area (Å²) in [5, 5.41) is 12.5. The standard InChI is InChI=1S/C15H27N5OS/c1-11-20-12(10-22-11)6-7-18-14(16-5)19-9-8-17-13(21)15(2,3)4/h10H,6-9H2,1-5H3,(H,17,21)(H2,16,18,19). The van der Waals surface area contributed by atoms with Gasteiger partial charge in [0.05, 0.1) is 10.7 Å². The van der Waals surface area contributed by atoms with Crippen LogP contribution < -0.4 is 16.0 Å². The van der Waals surface area contributed by atoms with Gasteiger partial charge < -0.3 is 16.0 Å². The van der Waals surface area contributed by atoms with Gasteiger partial charge >= 0.3 is 0 Å². The number of rotatable bonds is 6. The number of carbonyl (C=O) groups excluding carboxylic acids is 1. The van der Waals surface area contributed by atoms with E-state index in [1.807, 2.05) is 27.7 Å². The summed E-state index contributed by atoms with van der Waals surface area (Å²) in [6.45, 7) is 9.69. The molecule has 1 amide bonds. The summed E-state index contributed by atoms with van der Waals surface area (Å²) in [6.07, 6.45) is 0.867. The smallest absolute Gasteiger partial charge is 0.225 e. The second kappa shape index (κ2) is 8.73. The van der Waals surface area contributed by atoms with Gasteiger partial charge in [-0.15, -0.1) is 11.3 Å². The Bertz CT molecular complexity index is 504. The Morgan fingerprint density at radius 3 is 2.41 bits per heavy atom. The molecule has 0 aliphatic rings. The molecule has 0 atom stereocenters. The van der Waals surface area contributed by atoms with Crippen LogP contribution in [0.4, 0.5) is 0 Å². The van der Waals surface area contributed by atoms with Gasteiger partial charge in [-0.25, -0.2) is 4.98 Å². The third-order valence-electron chi connectivity index (χ3n) is 2.95. The molecule has 0 aromatic carbocycles. The van der Waals surface area contributed by atoms with Crippen molar-refractivity contribution >= 4 is 23.2 Å². The molecule has 0 bridgehead atoms. The number of carbonyl (C=O) groups is 1. The van der Waals surface area contributed by atoms with Crippen LogP contribution in [-0.4, -0.2) is 43.5 Å². The maximum atomic E-state index is 11.7. The van der Waals surface area contributed by atoms with E-state index in [9.17, 15) is 4.79 Å². The molecule has 6 nitrogen and oxygen atoms in total. The summed E-state index contributed by atoms with van der Waals surface area (Å²) < 4.78 is 0. The average molecular weight is 325 g/mol. The maximum absolute atomic E-state index is 11.7. The normalized spacial score (nSPS) is 12.1. The van der Waals surface area contributed by atoms with Crippen molar-refractivity contribution in [1.82, 2.24) is 20.9 Å². The molecule has 0 saturated heterocycles. The minimum atomic E-state index is -0.356. The van der Waals surface area contributed by atoms with Gasteiger partial charge in [0.15, 0.2) is 5.96 Å². The molecule has 0 aliphatic carbocycles. The van der Waals surface area contributed by atoms with Crippen LogP contribution in [0.2, 0.25) is 0 Å². The number of aryl methyl sites for hydroxylation is 1. The molecule has 1 heterocycles. The Kier molecular flexibility index (Phi) is 7.31. The van der Waals surface area contributed by atoms with E-state index in [0.29, 0.717) is 13.1 Å². The van der Waals surface area contributed by atoms with Crippen LogP contribution in [-0.2, 0) is 11.2 Å². The van der Waals surface area contributed by atoms with Gasteiger partial charge in [0, 0.05) is 43.9 Å². The van der Waals surface area contributed by atoms with Crippen LogP contribution in [0.1, 0.15) is 31.5 Å². The quantitative estimate of drug-likeness (QED) is 0.419. The molecule has 1 aromatic heterocycles. The van der Waals surface area contributed by atoms with Gasteiger partial charge in [0.2, 0.25) is 5.91 Å². The second-order valence-corrected chi connectivity index (χ2v) is 7.10. The summed E-state index contributed by atoms with van der Waals surface area (Å²) >= 11 is 1.67. The molecule has 124 valence electrons. The lowest BCUT2D eigenvalue weighted by Gasteiger charge is -2.18. The van der Waals surface area contributed by atoms with E-state index in [4.69, 9.17) is 0 Å². The highest BCUT2D eigenvalue weighted by Gasteiger charge is 2.20. The third-order valence-corrected chi connectivity index (χ3v) is 3.77. The van der Waals surface area contributed by atoms with E-state index in [0.717, 1.165) is 29.6 Å². The van der Waals surface area contributed by atoms with Crippen LogP contribution in [0.5, 0.6) is 0 Å². The summed E-state index contributed by atoms with van der Waals surface area (Å²) in [4.78, 5) is 20.3. The minimum Gasteiger partial charge on any atom is -0.356 e. The van der Waals surface area contributed by atoms with Crippen LogP contribution in [0.3, 0.4) is 0 Å². The van der Waals surface area contributed by atoms with Crippen molar-refractivity contribution in [3.63, 3.8) is 0 Å². The van der Waals surface area contributed by atoms with E-state index in [1.54, 1.807) is 18.4 Å². The fraction of sp³-hybridized carbons (Fsp3) is 0.667. The molecule has 0 unspecified atom stereocenters. The number of hydrogen-bond donors (Lipinski definition) is 3. The molecule has 1 rings (SSSR count). The van der Waals surface area contributed by atoms with Crippen molar-refractivity contribution in [3.8, 4) is 0 Å². The second-order valence-electron chi connectivity index (χ2n) is 6.04. The van der Waals surface area contributed by atoms with Gasteiger partial charge in [0.1, 0.15) is 0 Å². The Morgan fingerprint density at radius 2 is 1.86 bits per heavy atom. The Morgan fingerprint density at radius 1 is 1.23 bits per heavy atom. The van der Waals surface area contributed by atoms with E-state index < -0.39 is 0 Å². The lowest BCUT2D eigenvalue weighted by Crippen LogP contribution is -2.43. The Hall–Kier alpha value is -1.63. The van der Waals surface area contributed by atoms with E-state index in [1.165, 1.54) is 0 Å². The zero-order valence-corrected chi connectivity index (χ0v) is 14.9. The number of aromatic nitrogens is 1. The number of aliphatic imine (C=N–C) groups is 1. The van der Waals surface area contributed by atoms with Crippen molar-refractivity contribution in [1.29, 1.82) is 0 Å². The SMILES string of the molecule is CN=C(NCCNC(=O)C(C)(C)C)NCCc1csc(C)n1. The number of nitrogens with zero attached hydrogens (tertiary/aromatic N) is 2. The number of guanidine groups is 1. The highest BCUT2D eigenvalue weighted by Crippen LogP contribution is 2.11. The molecule has 0 fully saturated rings. The van der Waals surface area contributed by atoms with E-state index >= 15 is 0 Å². The topological polar surface area (TPSA) is 78.4 Å². The highest BCUT2D eigenvalue weighted by atomic mass is 32.1. The predicted octanol–water partition coefficient (Wildman–Crippen LogP) is 1.32. The number of amides is 1. The lowest BCUT2D eigenvalue weighted by atomic mass is 9.96. The molecular formula is C15H27N5OS. The van der Waals surface area contributed by atoms with Crippen LogP contribution in [0, 0.1) is 12.3 Å². The summed E-state index contributed by atoms with van der Waals surface area (Å²) in [7, 11) is 1.73. The van der Waals surface area contributed by atoms with Gasteiger partial charge in [-0.1, -0.05) is 20.8 Å². The molecule has 22 heavy (non-hydrogen) atoms. The summed E-state index contributed by atoms with van der Waals surface area (Å²) in [5.41, 5.74) is 0.744. The van der Waals surface area contributed by atoms with Crippen LogP contribution >= 0.6 is 11.3 Å². The molecular weight excluding hydrogens is 298 g/mol. The lowest BCUT2D eigenvalue weighted by molar-refractivity contribution is -0.128. The fourth-order valence-corrected chi connectivity index (χ4v) is 2.32. The Labute approximate surface area is 136 Å². The average Bonchev–Trinajstić information content (AvgIpc) is 2.85. The van der Waals surface area contributed by atoms with Gasteiger partial charge in [-0.05, 0) is 6.92 Å². The predicted molar refractivity (Wildman–Crippen MR) is 92.4 cm³/mol. The number of thiazole rings is 1. The largest absolute Gasteiger partial charge is 0.356 e.